The zero-order valence-corrected chi connectivity index (χ0v) is 9.99. The third-order valence-electron chi connectivity index (χ3n) is 3.57. The molecule has 0 aromatic rings. The summed E-state index contributed by atoms with van der Waals surface area (Å²) in [6.07, 6.45) is 6.30. The number of nitrogens with zero attached hydrogens (tertiary/aromatic N) is 1. The van der Waals surface area contributed by atoms with Crippen molar-refractivity contribution in [3.8, 4) is 0 Å². The summed E-state index contributed by atoms with van der Waals surface area (Å²) < 4.78 is 0. The van der Waals surface area contributed by atoms with Crippen molar-refractivity contribution in [1.29, 1.82) is 0 Å². The number of nitrogens with two attached hydrogens (primary N) is 1. The predicted octanol–water partition coefficient (Wildman–Crippen LogP) is 1.21. The zero-order valence-electron chi connectivity index (χ0n) is 9.99. The Labute approximate surface area is 93.6 Å². The first-order chi connectivity index (χ1) is 7.26. The van der Waals surface area contributed by atoms with Crippen molar-refractivity contribution < 1.29 is 5.11 Å². The van der Waals surface area contributed by atoms with Gasteiger partial charge in [0.2, 0.25) is 0 Å². The maximum Gasteiger partial charge on any atom is 0.0583 e. The maximum atomic E-state index is 8.86. The molecule has 1 fully saturated rings. The van der Waals surface area contributed by atoms with Gasteiger partial charge in [-0.25, -0.2) is 0 Å². The van der Waals surface area contributed by atoms with Crippen molar-refractivity contribution in [2.75, 3.05) is 26.2 Å². The second-order valence-electron chi connectivity index (χ2n) is 4.78. The second-order valence-corrected chi connectivity index (χ2v) is 4.78. The summed E-state index contributed by atoms with van der Waals surface area (Å²) >= 11 is 0. The van der Waals surface area contributed by atoms with Crippen LogP contribution < -0.4 is 5.73 Å². The van der Waals surface area contributed by atoms with E-state index in [1.807, 2.05) is 0 Å². The van der Waals surface area contributed by atoms with Crippen molar-refractivity contribution in [1.82, 2.24) is 4.90 Å². The van der Waals surface area contributed by atoms with E-state index >= 15 is 0 Å². The highest BCUT2D eigenvalue weighted by molar-refractivity contribution is 4.71. The molecule has 3 N–H and O–H groups in total. The summed E-state index contributed by atoms with van der Waals surface area (Å²) in [5, 5.41) is 8.86. The molecule has 1 rings (SSSR count). The maximum absolute atomic E-state index is 8.86. The molecule has 1 aliphatic heterocycles. The van der Waals surface area contributed by atoms with Crippen molar-refractivity contribution >= 4 is 0 Å². The first-order valence-corrected chi connectivity index (χ1v) is 6.35. The summed E-state index contributed by atoms with van der Waals surface area (Å²) in [5.41, 5.74) is 5.71. The minimum Gasteiger partial charge on any atom is -0.395 e. The molecule has 15 heavy (non-hydrogen) atoms. The highest BCUT2D eigenvalue weighted by Gasteiger charge is 2.15. The van der Waals surface area contributed by atoms with Crippen LogP contribution in [-0.4, -0.2) is 42.3 Å². The summed E-state index contributed by atoms with van der Waals surface area (Å²) in [6.45, 7) is 5.90. The van der Waals surface area contributed by atoms with E-state index in [4.69, 9.17) is 10.8 Å². The van der Waals surface area contributed by atoms with Crippen LogP contribution in [0.1, 0.15) is 39.0 Å². The Bertz CT molecular complexity index is 164. The van der Waals surface area contributed by atoms with Gasteiger partial charge in [0, 0.05) is 6.04 Å². The molecule has 2 unspecified atom stereocenters. The second kappa shape index (κ2) is 7.20. The van der Waals surface area contributed by atoms with Crippen LogP contribution in [0, 0.1) is 5.92 Å². The summed E-state index contributed by atoms with van der Waals surface area (Å²) in [7, 11) is 0. The number of rotatable bonds is 5. The fraction of sp³-hybridized carbons (Fsp3) is 1.00. The van der Waals surface area contributed by atoms with Crippen LogP contribution >= 0.6 is 0 Å². The lowest BCUT2D eigenvalue weighted by Gasteiger charge is -2.21. The van der Waals surface area contributed by atoms with Crippen molar-refractivity contribution in [2.24, 2.45) is 11.7 Å². The van der Waals surface area contributed by atoms with Crippen LogP contribution in [0.25, 0.3) is 0 Å². The topological polar surface area (TPSA) is 49.5 Å². The normalized spacial score (nSPS) is 26.2. The average molecular weight is 214 g/mol. The fourth-order valence-corrected chi connectivity index (χ4v) is 2.30. The highest BCUT2D eigenvalue weighted by atomic mass is 16.3. The van der Waals surface area contributed by atoms with E-state index in [-0.39, 0.29) is 12.6 Å². The number of aliphatic hydroxyl groups excluding tert-OH is 1. The van der Waals surface area contributed by atoms with Crippen molar-refractivity contribution in [3.63, 3.8) is 0 Å². The van der Waals surface area contributed by atoms with Crippen molar-refractivity contribution in [3.05, 3.63) is 0 Å². The number of aliphatic hydroxyl groups is 1. The van der Waals surface area contributed by atoms with Gasteiger partial charge in [0.25, 0.3) is 0 Å². The molecule has 0 saturated carbocycles. The molecule has 0 bridgehead atoms. The first kappa shape index (κ1) is 12.9. The van der Waals surface area contributed by atoms with Gasteiger partial charge in [-0.1, -0.05) is 13.3 Å². The Hall–Kier alpha value is -0.120. The van der Waals surface area contributed by atoms with E-state index in [1.165, 1.54) is 38.8 Å². The standard InChI is InChI=1S/C12H26N2O/c1-2-11-4-3-7-14(8-5-11)9-6-12(13)10-15/h11-12,15H,2-10,13H2,1H3. The van der Waals surface area contributed by atoms with E-state index in [0.717, 1.165) is 18.9 Å². The van der Waals surface area contributed by atoms with Gasteiger partial charge in [-0.3, -0.25) is 0 Å². The lowest BCUT2D eigenvalue weighted by Crippen LogP contribution is -2.33. The SMILES string of the molecule is CCC1CCCN(CCC(N)CO)CC1. The Morgan fingerprint density at radius 2 is 2.20 bits per heavy atom. The molecule has 0 spiro atoms. The molecular formula is C12H26N2O. The van der Waals surface area contributed by atoms with Gasteiger partial charge in [0.05, 0.1) is 6.61 Å². The van der Waals surface area contributed by atoms with E-state index in [1.54, 1.807) is 0 Å². The molecule has 1 saturated heterocycles. The minimum absolute atomic E-state index is 0.0322. The lowest BCUT2D eigenvalue weighted by atomic mass is 9.98. The quantitative estimate of drug-likeness (QED) is 0.723. The van der Waals surface area contributed by atoms with Crippen molar-refractivity contribution in [2.45, 2.75) is 45.1 Å². The van der Waals surface area contributed by atoms with Gasteiger partial charge in [0.1, 0.15) is 0 Å². The molecule has 0 radical (unpaired) electrons. The summed E-state index contributed by atoms with van der Waals surface area (Å²) in [4.78, 5) is 2.51. The lowest BCUT2D eigenvalue weighted by molar-refractivity contribution is 0.226. The molecule has 1 aliphatic rings. The van der Waals surface area contributed by atoms with Gasteiger partial charge in [-0.15, -0.1) is 0 Å². The molecule has 3 nitrogen and oxygen atoms in total. The molecule has 2 atom stereocenters. The smallest absolute Gasteiger partial charge is 0.0583 e. The molecule has 0 aliphatic carbocycles. The van der Waals surface area contributed by atoms with Crippen LogP contribution in [0.15, 0.2) is 0 Å². The molecule has 0 aromatic heterocycles. The number of hydrogen-bond donors (Lipinski definition) is 2. The van der Waals surface area contributed by atoms with Crippen LogP contribution in [0.4, 0.5) is 0 Å². The molecule has 0 aromatic carbocycles. The van der Waals surface area contributed by atoms with E-state index in [2.05, 4.69) is 11.8 Å². The third-order valence-corrected chi connectivity index (χ3v) is 3.57. The Morgan fingerprint density at radius 1 is 1.40 bits per heavy atom. The Balaban J connectivity index is 2.19. The predicted molar refractivity (Wildman–Crippen MR) is 63.8 cm³/mol. The number of likely N-dealkylation sites (tertiary alicyclic amines) is 1. The van der Waals surface area contributed by atoms with Gasteiger partial charge >= 0.3 is 0 Å². The van der Waals surface area contributed by atoms with Crippen LogP contribution in [0.3, 0.4) is 0 Å². The molecule has 3 heteroatoms. The minimum atomic E-state index is -0.0322. The van der Waals surface area contributed by atoms with Crippen LogP contribution in [0.2, 0.25) is 0 Å². The molecule has 1 heterocycles. The number of hydrogen-bond acceptors (Lipinski definition) is 3. The van der Waals surface area contributed by atoms with Crippen LogP contribution in [0.5, 0.6) is 0 Å². The molecular weight excluding hydrogens is 188 g/mol. The zero-order chi connectivity index (χ0) is 11.1. The third kappa shape index (κ3) is 4.96. The Morgan fingerprint density at radius 3 is 2.87 bits per heavy atom. The largest absolute Gasteiger partial charge is 0.395 e. The average Bonchev–Trinajstić information content (AvgIpc) is 2.50. The molecule has 0 amide bonds. The van der Waals surface area contributed by atoms with Gasteiger partial charge in [-0.2, -0.15) is 0 Å². The first-order valence-electron chi connectivity index (χ1n) is 6.35. The highest BCUT2D eigenvalue weighted by Crippen LogP contribution is 2.20. The summed E-state index contributed by atoms with van der Waals surface area (Å²) in [6, 6.07) is -0.0322. The van der Waals surface area contributed by atoms with E-state index in [9.17, 15) is 0 Å². The van der Waals surface area contributed by atoms with Gasteiger partial charge in [-0.05, 0) is 51.2 Å². The fourth-order valence-electron chi connectivity index (χ4n) is 2.30. The van der Waals surface area contributed by atoms with E-state index in [0.29, 0.717) is 0 Å². The monoisotopic (exact) mass is 214 g/mol. The van der Waals surface area contributed by atoms with Gasteiger partial charge < -0.3 is 15.7 Å². The van der Waals surface area contributed by atoms with E-state index < -0.39 is 0 Å². The Kier molecular flexibility index (Phi) is 6.22. The van der Waals surface area contributed by atoms with Gasteiger partial charge in [0.15, 0.2) is 0 Å². The molecule has 90 valence electrons. The van der Waals surface area contributed by atoms with Crippen LogP contribution in [-0.2, 0) is 0 Å². The summed E-state index contributed by atoms with van der Waals surface area (Å²) in [5.74, 6) is 0.932.